The normalized spacial score (nSPS) is 11.6. The van der Waals surface area contributed by atoms with Crippen LogP contribution < -0.4 is 9.74 Å². The summed E-state index contributed by atoms with van der Waals surface area (Å²) in [5.41, 5.74) is 1.22. The van der Waals surface area contributed by atoms with Gasteiger partial charge in [-0.25, -0.2) is 0 Å². The molecule has 0 fully saturated rings. The summed E-state index contributed by atoms with van der Waals surface area (Å²) >= 11 is 0. The predicted octanol–water partition coefficient (Wildman–Crippen LogP) is 2.61. The average molecular weight is 329 g/mol. The second-order valence-electron chi connectivity index (χ2n) is 5.27. The van der Waals surface area contributed by atoms with Crippen molar-refractivity contribution in [3.63, 3.8) is 0 Å². The topological polar surface area (TPSA) is 65.4 Å². The van der Waals surface area contributed by atoms with Crippen molar-refractivity contribution in [2.45, 2.75) is 11.8 Å². The molecule has 0 spiro atoms. The fourth-order valence-electron chi connectivity index (χ4n) is 2.32. The van der Waals surface area contributed by atoms with Crippen LogP contribution in [0.4, 0.5) is 0 Å². The molecule has 1 aromatic heterocycles. The van der Waals surface area contributed by atoms with E-state index in [2.05, 4.69) is 0 Å². The van der Waals surface area contributed by atoms with Crippen LogP contribution in [0.15, 0.2) is 64.3 Å². The highest BCUT2D eigenvalue weighted by atomic mass is 32.2. The molecule has 0 N–H and O–H groups in total. The van der Waals surface area contributed by atoms with E-state index in [-0.39, 0.29) is 16.2 Å². The van der Waals surface area contributed by atoms with Crippen molar-refractivity contribution >= 4 is 21.0 Å². The second-order valence-corrected chi connectivity index (χ2v) is 6.82. The molecule has 6 heteroatoms. The molecule has 0 aliphatic carbocycles. The van der Waals surface area contributed by atoms with Gasteiger partial charge in [-0.1, -0.05) is 29.8 Å². The molecule has 0 atom stereocenters. The highest BCUT2D eigenvalue weighted by Gasteiger charge is 2.19. The van der Waals surface area contributed by atoms with E-state index in [0.29, 0.717) is 10.9 Å². The Hall–Kier alpha value is -2.60. The van der Waals surface area contributed by atoms with E-state index in [1.54, 1.807) is 43.4 Å². The van der Waals surface area contributed by atoms with Gasteiger partial charge in [0.15, 0.2) is 5.75 Å². The van der Waals surface area contributed by atoms with E-state index < -0.39 is 10.1 Å². The Kier molecular flexibility index (Phi) is 3.69. The summed E-state index contributed by atoms with van der Waals surface area (Å²) in [5, 5.41) is 0.560. The zero-order chi connectivity index (χ0) is 16.6. The molecule has 0 unspecified atom stereocenters. The first-order valence-electron chi connectivity index (χ1n) is 6.98. The summed E-state index contributed by atoms with van der Waals surface area (Å²) < 4.78 is 31.5. The number of pyridine rings is 1. The fraction of sp³-hybridized carbons (Fsp3) is 0.118. The quantitative estimate of drug-likeness (QED) is 0.693. The van der Waals surface area contributed by atoms with Crippen molar-refractivity contribution in [2.24, 2.45) is 7.05 Å². The lowest BCUT2D eigenvalue weighted by molar-refractivity contribution is 0.488. The minimum Gasteiger partial charge on any atom is -0.378 e. The van der Waals surface area contributed by atoms with Gasteiger partial charge in [-0.3, -0.25) is 4.79 Å². The van der Waals surface area contributed by atoms with E-state index >= 15 is 0 Å². The number of benzene rings is 2. The standard InChI is InChI=1S/C17H15NO4S/c1-12-7-9-13(10-8-12)23(20,21)22-16-11-17(19)18(2)15-6-4-3-5-14(15)16/h3-11H,1-2H3. The second kappa shape index (κ2) is 5.55. The molecule has 0 radical (unpaired) electrons. The van der Waals surface area contributed by atoms with Crippen LogP contribution in [0.25, 0.3) is 10.9 Å². The van der Waals surface area contributed by atoms with Crippen LogP contribution in [-0.4, -0.2) is 13.0 Å². The molecular formula is C17H15NO4S. The van der Waals surface area contributed by atoms with Gasteiger partial charge in [-0.05, 0) is 31.2 Å². The fourth-order valence-corrected chi connectivity index (χ4v) is 3.26. The van der Waals surface area contributed by atoms with Gasteiger partial charge in [-0.2, -0.15) is 8.42 Å². The maximum atomic E-state index is 12.4. The van der Waals surface area contributed by atoms with Crippen molar-refractivity contribution < 1.29 is 12.6 Å². The minimum atomic E-state index is -4.00. The molecule has 0 bridgehead atoms. The van der Waals surface area contributed by atoms with Crippen molar-refractivity contribution in [3.8, 4) is 5.75 Å². The Morgan fingerprint density at radius 1 is 1.00 bits per heavy atom. The van der Waals surface area contributed by atoms with Gasteiger partial charge in [0, 0.05) is 18.5 Å². The lowest BCUT2D eigenvalue weighted by Gasteiger charge is -2.11. The molecule has 23 heavy (non-hydrogen) atoms. The van der Waals surface area contributed by atoms with Gasteiger partial charge >= 0.3 is 10.1 Å². The van der Waals surface area contributed by atoms with E-state index in [4.69, 9.17) is 4.18 Å². The van der Waals surface area contributed by atoms with Gasteiger partial charge in [0.2, 0.25) is 0 Å². The molecule has 0 saturated heterocycles. The number of hydrogen-bond acceptors (Lipinski definition) is 4. The molecule has 3 aromatic rings. The van der Waals surface area contributed by atoms with Crippen molar-refractivity contribution in [2.75, 3.05) is 0 Å². The van der Waals surface area contributed by atoms with E-state index in [0.717, 1.165) is 5.56 Å². The SMILES string of the molecule is Cc1ccc(S(=O)(=O)Oc2cc(=O)n(C)c3ccccc23)cc1. The van der Waals surface area contributed by atoms with E-state index in [1.807, 2.05) is 6.92 Å². The monoisotopic (exact) mass is 329 g/mol. The summed E-state index contributed by atoms with van der Waals surface area (Å²) in [7, 11) is -2.37. The van der Waals surface area contributed by atoms with Crippen molar-refractivity contribution in [1.29, 1.82) is 0 Å². The van der Waals surface area contributed by atoms with Crippen LogP contribution in [0.1, 0.15) is 5.56 Å². The number of hydrogen-bond donors (Lipinski definition) is 0. The van der Waals surface area contributed by atoms with Gasteiger partial charge < -0.3 is 8.75 Å². The maximum absolute atomic E-state index is 12.4. The lowest BCUT2D eigenvalue weighted by atomic mass is 10.2. The molecule has 5 nitrogen and oxygen atoms in total. The van der Waals surface area contributed by atoms with Crippen LogP contribution in [-0.2, 0) is 17.2 Å². The molecule has 0 amide bonds. The smallest absolute Gasteiger partial charge is 0.339 e. The molecule has 2 aromatic carbocycles. The maximum Gasteiger partial charge on any atom is 0.339 e. The Morgan fingerprint density at radius 2 is 1.65 bits per heavy atom. The van der Waals surface area contributed by atoms with Crippen molar-refractivity contribution in [1.82, 2.24) is 4.57 Å². The zero-order valence-corrected chi connectivity index (χ0v) is 13.5. The van der Waals surface area contributed by atoms with Crippen LogP contribution in [0, 0.1) is 6.92 Å². The summed E-state index contributed by atoms with van der Waals surface area (Å²) in [4.78, 5) is 12.1. The Balaban J connectivity index is 2.13. The molecule has 0 aliphatic heterocycles. The third-order valence-corrected chi connectivity index (χ3v) is 4.87. The Bertz CT molecular complexity index is 1030. The van der Waals surface area contributed by atoms with Gasteiger partial charge in [0.1, 0.15) is 4.90 Å². The summed E-state index contributed by atoms with van der Waals surface area (Å²) in [6.07, 6.45) is 0. The summed E-state index contributed by atoms with van der Waals surface area (Å²) in [6.45, 7) is 1.87. The first-order chi connectivity index (χ1) is 10.9. The highest BCUT2D eigenvalue weighted by Crippen LogP contribution is 2.26. The Morgan fingerprint density at radius 3 is 2.35 bits per heavy atom. The minimum absolute atomic E-state index is 0.0317. The number of rotatable bonds is 3. The van der Waals surface area contributed by atoms with Gasteiger partial charge in [-0.15, -0.1) is 0 Å². The zero-order valence-electron chi connectivity index (χ0n) is 12.7. The van der Waals surface area contributed by atoms with E-state index in [1.165, 1.54) is 22.8 Å². The summed E-state index contributed by atoms with van der Waals surface area (Å²) in [5.74, 6) is 0.0317. The van der Waals surface area contributed by atoms with Gasteiger partial charge in [0.25, 0.3) is 5.56 Å². The average Bonchev–Trinajstić information content (AvgIpc) is 2.52. The summed E-state index contributed by atoms with van der Waals surface area (Å²) in [6, 6.07) is 14.5. The molecule has 0 aliphatic rings. The number of fused-ring (bicyclic) bond motifs is 1. The van der Waals surface area contributed by atoms with Crippen LogP contribution >= 0.6 is 0 Å². The van der Waals surface area contributed by atoms with Crippen LogP contribution in [0.2, 0.25) is 0 Å². The molecule has 118 valence electrons. The molecular weight excluding hydrogens is 314 g/mol. The van der Waals surface area contributed by atoms with Crippen LogP contribution in [0.3, 0.4) is 0 Å². The lowest BCUT2D eigenvalue weighted by Crippen LogP contribution is -2.18. The van der Waals surface area contributed by atoms with E-state index in [9.17, 15) is 13.2 Å². The number of nitrogens with zero attached hydrogens (tertiary/aromatic N) is 1. The third kappa shape index (κ3) is 2.85. The first-order valence-corrected chi connectivity index (χ1v) is 8.39. The van der Waals surface area contributed by atoms with Gasteiger partial charge in [0.05, 0.1) is 5.52 Å². The Labute approximate surface area is 133 Å². The third-order valence-electron chi connectivity index (χ3n) is 3.63. The first kappa shape index (κ1) is 15.3. The molecule has 0 saturated carbocycles. The predicted molar refractivity (Wildman–Crippen MR) is 88.2 cm³/mol. The molecule has 3 rings (SSSR count). The number of aromatic nitrogens is 1. The van der Waals surface area contributed by atoms with Crippen molar-refractivity contribution in [3.05, 3.63) is 70.5 Å². The number of aryl methyl sites for hydroxylation is 2. The number of para-hydroxylation sites is 1. The highest BCUT2D eigenvalue weighted by molar-refractivity contribution is 7.87. The largest absolute Gasteiger partial charge is 0.378 e. The molecule has 1 heterocycles. The van der Waals surface area contributed by atoms with Crippen LogP contribution in [0.5, 0.6) is 5.75 Å².